The van der Waals surface area contributed by atoms with E-state index in [2.05, 4.69) is 27.7 Å². The Balaban J connectivity index is 2.18. The number of para-hydroxylation sites is 1. The molecule has 1 aromatic heterocycles. The standard InChI is InChI=1S/C17H13IN2O/c1-12-6-2-5-9-16(12)20-10-13(11-21)17(19-20)14-7-3-4-8-15(14)18/h2-11H,1H3. The maximum Gasteiger partial charge on any atom is 0.153 e. The molecular formula is C17H13IN2O. The van der Waals surface area contributed by atoms with Gasteiger partial charge in [0.25, 0.3) is 0 Å². The molecule has 104 valence electrons. The lowest BCUT2D eigenvalue weighted by atomic mass is 10.1. The maximum atomic E-state index is 11.4. The molecule has 0 spiro atoms. The van der Waals surface area contributed by atoms with E-state index in [0.717, 1.165) is 32.4 Å². The van der Waals surface area contributed by atoms with Crippen LogP contribution < -0.4 is 0 Å². The summed E-state index contributed by atoms with van der Waals surface area (Å²) in [6, 6.07) is 15.9. The van der Waals surface area contributed by atoms with Crippen LogP contribution in [0, 0.1) is 10.5 Å². The molecular weight excluding hydrogens is 375 g/mol. The van der Waals surface area contributed by atoms with Crippen molar-refractivity contribution >= 4 is 28.9 Å². The zero-order valence-electron chi connectivity index (χ0n) is 11.5. The summed E-state index contributed by atoms with van der Waals surface area (Å²) < 4.78 is 2.85. The lowest BCUT2D eigenvalue weighted by Crippen LogP contribution is -1.97. The Bertz CT molecular complexity index is 808. The lowest BCUT2D eigenvalue weighted by Gasteiger charge is -2.05. The Labute approximate surface area is 136 Å². The number of hydrogen-bond acceptors (Lipinski definition) is 2. The van der Waals surface area contributed by atoms with E-state index in [1.54, 1.807) is 10.9 Å². The number of nitrogens with zero attached hydrogens (tertiary/aromatic N) is 2. The number of carbonyl (C=O) groups is 1. The van der Waals surface area contributed by atoms with Crippen LogP contribution in [0.3, 0.4) is 0 Å². The van der Waals surface area contributed by atoms with Crippen molar-refractivity contribution < 1.29 is 4.79 Å². The zero-order valence-corrected chi connectivity index (χ0v) is 13.6. The highest BCUT2D eigenvalue weighted by molar-refractivity contribution is 14.1. The van der Waals surface area contributed by atoms with Gasteiger partial charge in [-0.05, 0) is 47.2 Å². The first-order valence-electron chi connectivity index (χ1n) is 6.56. The molecule has 0 aliphatic heterocycles. The summed E-state index contributed by atoms with van der Waals surface area (Å²) in [7, 11) is 0. The first-order valence-corrected chi connectivity index (χ1v) is 7.64. The van der Waals surface area contributed by atoms with Gasteiger partial charge < -0.3 is 0 Å². The van der Waals surface area contributed by atoms with E-state index in [0.29, 0.717) is 5.56 Å². The summed E-state index contributed by atoms with van der Waals surface area (Å²) in [5.41, 5.74) is 4.40. The SMILES string of the molecule is Cc1ccccc1-n1cc(C=O)c(-c2ccccc2I)n1. The Morgan fingerprint density at radius 3 is 2.52 bits per heavy atom. The van der Waals surface area contributed by atoms with Gasteiger partial charge in [0.1, 0.15) is 5.69 Å². The second kappa shape index (κ2) is 5.81. The highest BCUT2D eigenvalue weighted by Gasteiger charge is 2.14. The highest BCUT2D eigenvalue weighted by Crippen LogP contribution is 2.27. The molecule has 3 rings (SSSR count). The first-order chi connectivity index (χ1) is 10.2. The summed E-state index contributed by atoms with van der Waals surface area (Å²) in [5.74, 6) is 0. The quantitative estimate of drug-likeness (QED) is 0.496. The van der Waals surface area contributed by atoms with E-state index in [1.165, 1.54) is 0 Å². The van der Waals surface area contributed by atoms with Crippen LogP contribution in [0.2, 0.25) is 0 Å². The Morgan fingerprint density at radius 2 is 1.81 bits per heavy atom. The third kappa shape index (κ3) is 2.63. The molecule has 1 heterocycles. The van der Waals surface area contributed by atoms with Crippen LogP contribution in [0.5, 0.6) is 0 Å². The van der Waals surface area contributed by atoms with Gasteiger partial charge in [-0.25, -0.2) is 4.68 Å². The molecule has 21 heavy (non-hydrogen) atoms. The highest BCUT2D eigenvalue weighted by atomic mass is 127. The first kappa shape index (κ1) is 14.0. The number of rotatable bonds is 3. The van der Waals surface area contributed by atoms with Crippen molar-refractivity contribution in [1.82, 2.24) is 9.78 Å². The molecule has 4 heteroatoms. The largest absolute Gasteiger partial charge is 0.298 e. The fourth-order valence-corrected chi connectivity index (χ4v) is 2.92. The van der Waals surface area contributed by atoms with Gasteiger partial charge in [-0.2, -0.15) is 5.10 Å². The molecule has 0 saturated carbocycles. The van der Waals surface area contributed by atoms with Gasteiger partial charge in [0.2, 0.25) is 0 Å². The molecule has 0 saturated heterocycles. The average molecular weight is 388 g/mol. The summed E-state index contributed by atoms with van der Waals surface area (Å²) in [4.78, 5) is 11.4. The monoisotopic (exact) mass is 388 g/mol. The van der Waals surface area contributed by atoms with Crippen molar-refractivity contribution in [2.24, 2.45) is 0 Å². The normalized spacial score (nSPS) is 10.6. The van der Waals surface area contributed by atoms with Gasteiger partial charge in [-0.3, -0.25) is 4.79 Å². The molecule has 3 aromatic rings. The fraction of sp³-hybridized carbons (Fsp3) is 0.0588. The molecule has 0 aliphatic rings. The van der Waals surface area contributed by atoms with E-state index in [4.69, 9.17) is 0 Å². The van der Waals surface area contributed by atoms with E-state index in [1.807, 2.05) is 55.5 Å². The van der Waals surface area contributed by atoms with Crippen molar-refractivity contribution in [2.75, 3.05) is 0 Å². The van der Waals surface area contributed by atoms with Gasteiger partial charge in [0.15, 0.2) is 6.29 Å². The Kier molecular flexibility index (Phi) is 3.88. The summed E-state index contributed by atoms with van der Waals surface area (Å²) in [6.45, 7) is 2.03. The van der Waals surface area contributed by atoms with Crippen molar-refractivity contribution in [3.63, 3.8) is 0 Å². The number of aryl methyl sites for hydroxylation is 1. The topological polar surface area (TPSA) is 34.9 Å². The van der Waals surface area contributed by atoms with E-state index < -0.39 is 0 Å². The molecule has 0 unspecified atom stereocenters. The van der Waals surface area contributed by atoms with E-state index >= 15 is 0 Å². The molecule has 0 aliphatic carbocycles. The smallest absolute Gasteiger partial charge is 0.153 e. The number of carbonyl (C=O) groups excluding carboxylic acids is 1. The van der Waals surface area contributed by atoms with Gasteiger partial charge in [0, 0.05) is 15.3 Å². The van der Waals surface area contributed by atoms with Gasteiger partial charge in [-0.1, -0.05) is 36.4 Å². The predicted molar refractivity (Wildman–Crippen MR) is 91.8 cm³/mol. The molecule has 0 atom stereocenters. The average Bonchev–Trinajstić information content (AvgIpc) is 2.92. The van der Waals surface area contributed by atoms with Gasteiger partial charge in [-0.15, -0.1) is 0 Å². The zero-order chi connectivity index (χ0) is 14.8. The molecule has 0 radical (unpaired) electrons. The second-order valence-corrected chi connectivity index (χ2v) is 5.92. The number of aldehydes is 1. The number of benzene rings is 2. The summed E-state index contributed by atoms with van der Waals surface area (Å²) in [5, 5.41) is 4.62. The van der Waals surface area contributed by atoms with E-state index in [9.17, 15) is 4.79 Å². The van der Waals surface area contributed by atoms with Crippen molar-refractivity contribution in [3.8, 4) is 16.9 Å². The molecule has 3 nitrogen and oxygen atoms in total. The minimum atomic E-state index is 0.599. The van der Waals surface area contributed by atoms with Crippen LogP contribution in [-0.2, 0) is 0 Å². The summed E-state index contributed by atoms with van der Waals surface area (Å²) >= 11 is 2.26. The molecule has 2 aromatic carbocycles. The molecule has 0 bridgehead atoms. The summed E-state index contributed by atoms with van der Waals surface area (Å²) in [6.07, 6.45) is 2.65. The minimum Gasteiger partial charge on any atom is -0.298 e. The molecule has 0 fully saturated rings. The fourth-order valence-electron chi connectivity index (χ4n) is 2.28. The minimum absolute atomic E-state index is 0.599. The predicted octanol–water partition coefficient (Wildman–Crippen LogP) is 4.26. The third-order valence-corrected chi connectivity index (χ3v) is 4.30. The second-order valence-electron chi connectivity index (χ2n) is 4.76. The molecule has 0 amide bonds. The van der Waals surface area contributed by atoms with Crippen molar-refractivity contribution in [3.05, 3.63) is 69.4 Å². The Morgan fingerprint density at radius 1 is 1.10 bits per heavy atom. The maximum absolute atomic E-state index is 11.4. The third-order valence-electron chi connectivity index (χ3n) is 3.36. The van der Waals surface area contributed by atoms with Gasteiger partial charge >= 0.3 is 0 Å². The van der Waals surface area contributed by atoms with E-state index in [-0.39, 0.29) is 0 Å². The van der Waals surface area contributed by atoms with Crippen LogP contribution in [0.1, 0.15) is 15.9 Å². The number of hydrogen-bond donors (Lipinski definition) is 0. The van der Waals surface area contributed by atoms with Gasteiger partial charge in [0.05, 0.1) is 11.3 Å². The number of aromatic nitrogens is 2. The number of halogens is 1. The van der Waals surface area contributed by atoms with Crippen LogP contribution >= 0.6 is 22.6 Å². The van der Waals surface area contributed by atoms with Crippen LogP contribution in [0.4, 0.5) is 0 Å². The van der Waals surface area contributed by atoms with Crippen LogP contribution in [0.15, 0.2) is 54.7 Å². The lowest BCUT2D eigenvalue weighted by molar-refractivity contribution is 0.112. The van der Waals surface area contributed by atoms with Crippen molar-refractivity contribution in [1.29, 1.82) is 0 Å². The van der Waals surface area contributed by atoms with Crippen molar-refractivity contribution in [2.45, 2.75) is 6.92 Å². The molecule has 0 N–H and O–H groups in total. The van der Waals surface area contributed by atoms with Crippen LogP contribution in [-0.4, -0.2) is 16.1 Å². The van der Waals surface area contributed by atoms with Crippen LogP contribution in [0.25, 0.3) is 16.9 Å². The Hall–Kier alpha value is -1.95.